The maximum atomic E-state index is 11.2. The molecular formula is C14H17ClO3. The van der Waals surface area contributed by atoms with Gasteiger partial charge in [-0.2, -0.15) is 0 Å². The Kier molecular flexibility index (Phi) is 4.12. The molecule has 1 aliphatic carbocycles. The molecule has 2 rings (SSSR count). The second kappa shape index (κ2) is 5.61. The first-order valence-electron chi connectivity index (χ1n) is 6.27. The van der Waals surface area contributed by atoms with Gasteiger partial charge in [-0.05, 0) is 43.4 Å². The van der Waals surface area contributed by atoms with E-state index in [1.807, 2.05) is 0 Å². The average Bonchev–Trinajstić information content (AvgIpc) is 2.34. The van der Waals surface area contributed by atoms with Gasteiger partial charge in [-0.15, -0.1) is 0 Å². The molecule has 2 unspecified atom stereocenters. The van der Waals surface area contributed by atoms with Gasteiger partial charge in [-0.1, -0.05) is 24.9 Å². The van der Waals surface area contributed by atoms with Gasteiger partial charge in [0.1, 0.15) is 17.4 Å². The van der Waals surface area contributed by atoms with Crippen LogP contribution in [0.3, 0.4) is 0 Å². The van der Waals surface area contributed by atoms with Crippen molar-refractivity contribution in [3.63, 3.8) is 0 Å². The quantitative estimate of drug-likeness (QED) is 0.901. The maximum absolute atomic E-state index is 11.2. The fourth-order valence-electron chi connectivity index (χ4n) is 2.39. The average molecular weight is 269 g/mol. The molecular weight excluding hydrogens is 252 g/mol. The van der Waals surface area contributed by atoms with Crippen LogP contribution in [0.4, 0.5) is 0 Å². The van der Waals surface area contributed by atoms with E-state index in [0.29, 0.717) is 16.7 Å². The summed E-state index contributed by atoms with van der Waals surface area (Å²) in [4.78, 5) is 11.2. The van der Waals surface area contributed by atoms with E-state index in [1.54, 1.807) is 12.1 Å². The van der Waals surface area contributed by atoms with Crippen LogP contribution < -0.4 is 4.74 Å². The van der Waals surface area contributed by atoms with Crippen molar-refractivity contribution in [3.8, 4) is 5.75 Å². The Morgan fingerprint density at radius 1 is 1.39 bits per heavy atom. The first kappa shape index (κ1) is 13.2. The van der Waals surface area contributed by atoms with Crippen molar-refractivity contribution in [1.82, 2.24) is 0 Å². The van der Waals surface area contributed by atoms with E-state index in [2.05, 4.69) is 6.92 Å². The zero-order valence-electron chi connectivity index (χ0n) is 10.4. The van der Waals surface area contributed by atoms with E-state index >= 15 is 0 Å². The molecule has 0 amide bonds. The third kappa shape index (κ3) is 2.96. The molecule has 0 radical (unpaired) electrons. The van der Waals surface area contributed by atoms with Gasteiger partial charge in [0.2, 0.25) is 0 Å². The summed E-state index contributed by atoms with van der Waals surface area (Å²) in [6.07, 6.45) is 4.61. The molecule has 2 atom stereocenters. The van der Waals surface area contributed by atoms with E-state index < -0.39 is 5.97 Å². The molecule has 0 heterocycles. The highest BCUT2D eigenvalue weighted by molar-refractivity contribution is 6.31. The highest BCUT2D eigenvalue weighted by Gasteiger charge is 2.24. The number of rotatable bonds is 3. The van der Waals surface area contributed by atoms with Gasteiger partial charge in [0.25, 0.3) is 0 Å². The number of hydrogen-bond donors (Lipinski definition) is 1. The minimum Gasteiger partial charge on any atom is -0.489 e. The third-order valence-corrected chi connectivity index (χ3v) is 3.72. The zero-order chi connectivity index (χ0) is 13.1. The van der Waals surface area contributed by atoms with Gasteiger partial charge < -0.3 is 9.84 Å². The monoisotopic (exact) mass is 268 g/mol. The normalized spacial score (nSPS) is 23.7. The summed E-state index contributed by atoms with van der Waals surface area (Å²) < 4.78 is 5.88. The molecule has 1 aliphatic rings. The number of halogens is 1. The van der Waals surface area contributed by atoms with Gasteiger partial charge in [0, 0.05) is 5.02 Å². The van der Waals surface area contributed by atoms with Gasteiger partial charge in [-0.3, -0.25) is 0 Å². The SMILES string of the molecule is CC1CCCCC1Oc1ccc(Cl)cc1C(=O)O. The van der Waals surface area contributed by atoms with E-state index in [1.165, 1.54) is 12.5 Å². The number of benzene rings is 1. The molecule has 0 bridgehead atoms. The van der Waals surface area contributed by atoms with E-state index in [-0.39, 0.29) is 11.7 Å². The van der Waals surface area contributed by atoms with Crippen LogP contribution in [0.2, 0.25) is 5.02 Å². The second-order valence-electron chi connectivity index (χ2n) is 4.86. The Hall–Kier alpha value is -1.22. The smallest absolute Gasteiger partial charge is 0.339 e. The molecule has 1 aromatic rings. The van der Waals surface area contributed by atoms with Crippen molar-refractivity contribution < 1.29 is 14.6 Å². The second-order valence-corrected chi connectivity index (χ2v) is 5.30. The zero-order valence-corrected chi connectivity index (χ0v) is 11.1. The Morgan fingerprint density at radius 2 is 2.11 bits per heavy atom. The summed E-state index contributed by atoms with van der Waals surface area (Å²) in [5.74, 6) is -0.113. The van der Waals surface area contributed by atoms with Crippen LogP contribution in [0.1, 0.15) is 43.0 Å². The van der Waals surface area contributed by atoms with Crippen LogP contribution in [0, 0.1) is 5.92 Å². The number of aromatic carboxylic acids is 1. The first-order valence-corrected chi connectivity index (χ1v) is 6.65. The molecule has 98 valence electrons. The number of ether oxygens (including phenoxy) is 1. The maximum Gasteiger partial charge on any atom is 0.339 e. The molecule has 4 heteroatoms. The van der Waals surface area contributed by atoms with Crippen molar-refractivity contribution in [2.75, 3.05) is 0 Å². The molecule has 1 saturated carbocycles. The summed E-state index contributed by atoms with van der Waals surface area (Å²) in [5, 5.41) is 9.56. The molecule has 3 nitrogen and oxygen atoms in total. The molecule has 1 fully saturated rings. The van der Waals surface area contributed by atoms with Gasteiger partial charge in [-0.25, -0.2) is 4.79 Å². The standard InChI is InChI=1S/C14H17ClO3/c1-9-4-2-3-5-12(9)18-13-7-6-10(15)8-11(13)14(16)17/h6-9,12H,2-5H2,1H3,(H,16,17). The molecule has 0 saturated heterocycles. The molecule has 0 aliphatic heterocycles. The summed E-state index contributed by atoms with van der Waals surface area (Å²) in [5.41, 5.74) is 0.139. The van der Waals surface area contributed by atoms with Crippen molar-refractivity contribution >= 4 is 17.6 Å². The van der Waals surface area contributed by atoms with Crippen LogP contribution in [-0.2, 0) is 0 Å². The van der Waals surface area contributed by atoms with Crippen molar-refractivity contribution in [1.29, 1.82) is 0 Å². The van der Waals surface area contributed by atoms with Crippen molar-refractivity contribution in [2.24, 2.45) is 5.92 Å². The van der Waals surface area contributed by atoms with E-state index in [9.17, 15) is 4.79 Å². The number of carboxylic acids is 1. The Bertz CT molecular complexity index is 445. The topological polar surface area (TPSA) is 46.5 Å². The van der Waals surface area contributed by atoms with E-state index in [0.717, 1.165) is 19.3 Å². The molecule has 0 spiro atoms. The predicted molar refractivity (Wildman–Crippen MR) is 70.5 cm³/mol. The van der Waals surface area contributed by atoms with Crippen LogP contribution in [-0.4, -0.2) is 17.2 Å². The Morgan fingerprint density at radius 3 is 2.78 bits per heavy atom. The van der Waals surface area contributed by atoms with Crippen LogP contribution in [0.5, 0.6) is 5.75 Å². The minimum atomic E-state index is -1.00. The molecule has 0 aromatic heterocycles. The summed E-state index contributed by atoms with van der Waals surface area (Å²) >= 11 is 5.81. The lowest BCUT2D eigenvalue weighted by atomic mass is 9.88. The van der Waals surface area contributed by atoms with Gasteiger partial charge >= 0.3 is 5.97 Å². The molecule has 18 heavy (non-hydrogen) atoms. The van der Waals surface area contributed by atoms with Crippen molar-refractivity contribution in [2.45, 2.75) is 38.7 Å². The number of carboxylic acid groups (broad SMARTS) is 1. The summed E-state index contributed by atoms with van der Waals surface area (Å²) in [7, 11) is 0. The number of hydrogen-bond acceptors (Lipinski definition) is 2. The first-order chi connectivity index (χ1) is 8.58. The highest BCUT2D eigenvalue weighted by Crippen LogP contribution is 2.30. The lowest BCUT2D eigenvalue weighted by molar-refractivity contribution is 0.0673. The minimum absolute atomic E-state index is 0.109. The van der Waals surface area contributed by atoms with Crippen LogP contribution in [0.15, 0.2) is 18.2 Å². The number of carbonyl (C=O) groups is 1. The summed E-state index contributed by atoms with van der Waals surface area (Å²) in [6.45, 7) is 2.15. The lowest BCUT2D eigenvalue weighted by Crippen LogP contribution is -2.28. The van der Waals surface area contributed by atoms with Gasteiger partial charge in [0.15, 0.2) is 0 Å². The Labute approximate surface area is 112 Å². The fourth-order valence-corrected chi connectivity index (χ4v) is 2.56. The van der Waals surface area contributed by atoms with Crippen molar-refractivity contribution in [3.05, 3.63) is 28.8 Å². The fraction of sp³-hybridized carbons (Fsp3) is 0.500. The predicted octanol–water partition coefficient (Wildman–Crippen LogP) is 4.00. The van der Waals surface area contributed by atoms with Crippen LogP contribution in [0.25, 0.3) is 0 Å². The molecule has 1 aromatic carbocycles. The van der Waals surface area contributed by atoms with E-state index in [4.69, 9.17) is 21.4 Å². The van der Waals surface area contributed by atoms with Crippen LogP contribution >= 0.6 is 11.6 Å². The summed E-state index contributed by atoms with van der Waals surface area (Å²) in [6, 6.07) is 4.75. The van der Waals surface area contributed by atoms with Gasteiger partial charge in [0.05, 0.1) is 0 Å². The Balaban J connectivity index is 2.20. The lowest BCUT2D eigenvalue weighted by Gasteiger charge is -2.29. The largest absolute Gasteiger partial charge is 0.489 e. The highest BCUT2D eigenvalue weighted by atomic mass is 35.5. The molecule has 1 N–H and O–H groups in total. The third-order valence-electron chi connectivity index (χ3n) is 3.48.